The average molecular weight is 474 g/mol. The van der Waals surface area contributed by atoms with Crippen molar-refractivity contribution in [2.75, 3.05) is 6.61 Å². The lowest BCUT2D eigenvalue weighted by Gasteiger charge is -2.04. The molecule has 9 nitrogen and oxygen atoms in total. The van der Waals surface area contributed by atoms with E-state index in [9.17, 15) is 14.9 Å². The zero-order chi connectivity index (χ0) is 23.7. The molecule has 5 aromatic rings. The summed E-state index contributed by atoms with van der Waals surface area (Å²) in [5.74, 6) is 1.97. The fourth-order valence-corrected chi connectivity index (χ4v) is 4.31. The van der Waals surface area contributed by atoms with Gasteiger partial charge in [0.1, 0.15) is 21.8 Å². The summed E-state index contributed by atoms with van der Waals surface area (Å²) in [5.41, 5.74) is 0.784. The quantitative estimate of drug-likeness (QED) is 0.255. The Labute approximate surface area is 196 Å². The Kier molecular flexibility index (Phi) is 5.64. The smallest absolute Gasteiger partial charge is 0.291 e. The summed E-state index contributed by atoms with van der Waals surface area (Å²) in [7, 11) is 0. The van der Waals surface area contributed by atoms with Gasteiger partial charge in [-0.1, -0.05) is 30.4 Å². The van der Waals surface area contributed by atoms with Gasteiger partial charge in [0, 0.05) is 17.7 Å². The van der Waals surface area contributed by atoms with Crippen molar-refractivity contribution >= 4 is 28.1 Å². The van der Waals surface area contributed by atoms with Crippen molar-refractivity contribution in [2.24, 2.45) is 0 Å². The van der Waals surface area contributed by atoms with Crippen LogP contribution in [0, 0.1) is 10.1 Å². The lowest BCUT2D eigenvalue weighted by Crippen LogP contribution is -2.23. The molecule has 0 fully saturated rings. The summed E-state index contributed by atoms with van der Waals surface area (Å²) >= 11 is 1.19. The number of benzene rings is 2. The summed E-state index contributed by atoms with van der Waals surface area (Å²) in [4.78, 5) is 28.6. The van der Waals surface area contributed by atoms with Crippen LogP contribution in [0.15, 0.2) is 69.9 Å². The predicted molar refractivity (Wildman–Crippen MR) is 128 cm³/mol. The molecule has 0 aliphatic heterocycles. The maximum absolute atomic E-state index is 12.9. The Balaban J connectivity index is 1.44. The van der Waals surface area contributed by atoms with Crippen LogP contribution in [-0.4, -0.2) is 26.1 Å². The SMILES string of the molecule is CCCOc1ccc(-c2nc3s/c(=C/c4ccc(-c5ccccc5[N+](=O)[O-])o4)c(=O)n3n2)cc1. The summed E-state index contributed by atoms with van der Waals surface area (Å²) in [5, 5.41) is 15.6. The van der Waals surface area contributed by atoms with E-state index in [2.05, 4.69) is 10.1 Å². The predicted octanol–water partition coefficient (Wildman–Crippen LogP) is 4.32. The third kappa shape index (κ3) is 4.06. The van der Waals surface area contributed by atoms with Crippen molar-refractivity contribution < 1.29 is 14.1 Å². The number of para-hydroxylation sites is 1. The first-order valence-corrected chi connectivity index (χ1v) is 11.3. The molecule has 10 heteroatoms. The maximum Gasteiger partial charge on any atom is 0.291 e. The zero-order valence-corrected chi connectivity index (χ0v) is 18.8. The van der Waals surface area contributed by atoms with Crippen LogP contribution >= 0.6 is 11.3 Å². The monoisotopic (exact) mass is 474 g/mol. The lowest BCUT2D eigenvalue weighted by atomic mass is 10.1. The number of nitro groups is 1. The topological polar surface area (TPSA) is 113 Å². The molecule has 0 bridgehead atoms. The number of nitro benzene ring substituents is 1. The van der Waals surface area contributed by atoms with Gasteiger partial charge in [0.2, 0.25) is 4.96 Å². The number of fused-ring (bicyclic) bond motifs is 1. The van der Waals surface area contributed by atoms with Crippen molar-refractivity contribution in [1.29, 1.82) is 0 Å². The molecule has 5 rings (SSSR count). The molecule has 0 aliphatic carbocycles. The van der Waals surface area contributed by atoms with Crippen LogP contribution in [0.5, 0.6) is 5.75 Å². The van der Waals surface area contributed by atoms with E-state index in [1.165, 1.54) is 21.9 Å². The van der Waals surface area contributed by atoms with Gasteiger partial charge >= 0.3 is 0 Å². The van der Waals surface area contributed by atoms with E-state index in [-0.39, 0.29) is 11.2 Å². The Morgan fingerprint density at radius 2 is 1.94 bits per heavy atom. The van der Waals surface area contributed by atoms with Crippen molar-refractivity contribution in [1.82, 2.24) is 14.6 Å². The first kappa shape index (κ1) is 21.5. The third-order valence-electron chi connectivity index (χ3n) is 5.03. The van der Waals surface area contributed by atoms with Crippen LogP contribution in [0.3, 0.4) is 0 Å². The van der Waals surface area contributed by atoms with E-state index in [1.807, 2.05) is 31.2 Å². The molecule has 0 spiro atoms. The number of rotatable bonds is 7. The molecular formula is C24H18N4O5S. The van der Waals surface area contributed by atoms with Crippen LogP contribution in [0.25, 0.3) is 33.7 Å². The molecule has 3 heterocycles. The minimum Gasteiger partial charge on any atom is -0.494 e. The summed E-state index contributed by atoms with van der Waals surface area (Å²) < 4.78 is 13.0. The highest BCUT2D eigenvalue weighted by molar-refractivity contribution is 7.15. The Bertz CT molecular complexity index is 1600. The molecule has 2 aromatic carbocycles. The first-order chi connectivity index (χ1) is 16.5. The number of hydrogen-bond donors (Lipinski definition) is 0. The summed E-state index contributed by atoms with van der Waals surface area (Å²) in [6.07, 6.45) is 2.51. The third-order valence-corrected chi connectivity index (χ3v) is 5.99. The second-order valence-electron chi connectivity index (χ2n) is 7.39. The van der Waals surface area contributed by atoms with Gasteiger partial charge in [0.05, 0.1) is 17.1 Å². The first-order valence-electron chi connectivity index (χ1n) is 10.5. The van der Waals surface area contributed by atoms with Crippen LogP contribution in [-0.2, 0) is 0 Å². The zero-order valence-electron chi connectivity index (χ0n) is 18.0. The van der Waals surface area contributed by atoms with Crippen LogP contribution in [0.2, 0.25) is 0 Å². The molecule has 0 unspecified atom stereocenters. The Morgan fingerprint density at radius 3 is 2.68 bits per heavy atom. The van der Waals surface area contributed by atoms with Crippen LogP contribution in [0.4, 0.5) is 5.69 Å². The molecular weight excluding hydrogens is 456 g/mol. The van der Waals surface area contributed by atoms with Crippen LogP contribution < -0.4 is 14.8 Å². The fourth-order valence-electron chi connectivity index (χ4n) is 3.42. The average Bonchev–Trinajstić information content (AvgIpc) is 3.55. The van der Waals surface area contributed by atoms with E-state index in [0.717, 1.165) is 17.7 Å². The van der Waals surface area contributed by atoms with Crippen molar-refractivity contribution in [3.63, 3.8) is 0 Å². The highest BCUT2D eigenvalue weighted by atomic mass is 32.1. The molecule has 34 heavy (non-hydrogen) atoms. The number of ether oxygens (including phenoxy) is 1. The Morgan fingerprint density at radius 1 is 1.15 bits per heavy atom. The molecule has 0 radical (unpaired) electrons. The highest BCUT2D eigenvalue weighted by Crippen LogP contribution is 2.31. The van der Waals surface area contributed by atoms with E-state index < -0.39 is 4.92 Å². The van der Waals surface area contributed by atoms with Crippen molar-refractivity contribution in [2.45, 2.75) is 13.3 Å². The molecule has 3 aromatic heterocycles. The highest BCUT2D eigenvalue weighted by Gasteiger charge is 2.17. The van der Waals surface area contributed by atoms with Gasteiger partial charge in [0.15, 0.2) is 5.82 Å². The number of hydrogen-bond acceptors (Lipinski definition) is 8. The maximum atomic E-state index is 12.9. The van der Waals surface area contributed by atoms with Crippen molar-refractivity contribution in [3.05, 3.63) is 91.4 Å². The van der Waals surface area contributed by atoms with Crippen LogP contribution in [0.1, 0.15) is 19.1 Å². The van der Waals surface area contributed by atoms with Gasteiger partial charge in [-0.3, -0.25) is 14.9 Å². The van der Waals surface area contributed by atoms with Gasteiger partial charge < -0.3 is 9.15 Å². The van der Waals surface area contributed by atoms with E-state index in [4.69, 9.17) is 9.15 Å². The molecule has 170 valence electrons. The minimum atomic E-state index is -0.458. The minimum absolute atomic E-state index is 0.0517. The number of thiazole rings is 1. The van der Waals surface area contributed by atoms with Gasteiger partial charge in [0.25, 0.3) is 11.2 Å². The van der Waals surface area contributed by atoms with E-state index in [1.54, 1.807) is 36.4 Å². The second-order valence-corrected chi connectivity index (χ2v) is 8.40. The number of nitrogens with zero attached hydrogens (tertiary/aromatic N) is 4. The molecule has 0 aliphatic rings. The van der Waals surface area contributed by atoms with Gasteiger partial charge in [-0.15, -0.1) is 5.10 Å². The molecule has 0 saturated heterocycles. The fraction of sp³-hybridized carbons (Fsp3) is 0.125. The van der Waals surface area contributed by atoms with Gasteiger partial charge in [-0.2, -0.15) is 9.50 Å². The normalized spacial score (nSPS) is 11.9. The van der Waals surface area contributed by atoms with Crippen molar-refractivity contribution in [3.8, 4) is 28.5 Å². The van der Waals surface area contributed by atoms with E-state index in [0.29, 0.717) is 39.0 Å². The summed E-state index contributed by atoms with van der Waals surface area (Å²) in [6, 6.07) is 17.0. The summed E-state index contributed by atoms with van der Waals surface area (Å²) in [6.45, 7) is 2.69. The van der Waals surface area contributed by atoms with Gasteiger partial charge in [-0.05, 0) is 48.9 Å². The van der Waals surface area contributed by atoms with Gasteiger partial charge in [-0.25, -0.2) is 0 Å². The molecule has 0 N–H and O–H groups in total. The van der Waals surface area contributed by atoms with E-state index >= 15 is 0 Å². The Hall–Kier alpha value is -4.31. The molecule has 0 saturated carbocycles. The largest absolute Gasteiger partial charge is 0.494 e. The lowest BCUT2D eigenvalue weighted by molar-refractivity contribution is -0.384. The molecule has 0 amide bonds. The second kappa shape index (κ2) is 8.91. The molecule has 0 atom stereocenters. The standard InChI is InChI=1S/C24H18N4O5S/c1-2-13-32-16-9-7-15(8-10-16)22-25-24-27(26-22)23(29)21(34-24)14-17-11-12-20(33-17)18-5-3-4-6-19(18)28(30)31/h3-12,14H,2,13H2,1H3/b21-14+. The number of aromatic nitrogens is 3. The number of furan rings is 1.